The summed E-state index contributed by atoms with van der Waals surface area (Å²) in [6.45, 7) is 0.559. The van der Waals surface area contributed by atoms with Gasteiger partial charge in [-0.25, -0.2) is 4.39 Å². The summed E-state index contributed by atoms with van der Waals surface area (Å²) in [5.41, 5.74) is 7.93. The molecular formula is C16H16FN3O. The number of hydrogen-bond donors (Lipinski definition) is 1. The predicted molar refractivity (Wildman–Crippen MR) is 81.1 cm³/mol. The van der Waals surface area contributed by atoms with Gasteiger partial charge in [0.2, 0.25) is 0 Å². The van der Waals surface area contributed by atoms with Gasteiger partial charge in [-0.15, -0.1) is 0 Å². The van der Waals surface area contributed by atoms with Gasteiger partial charge in [-0.2, -0.15) is 0 Å². The van der Waals surface area contributed by atoms with Gasteiger partial charge in [0.05, 0.1) is 19.7 Å². The molecule has 1 aliphatic heterocycles. The van der Waals surface area contributed by atoms with Crippen LogP contribution in [0.1, 0.15) is 11.6 Å². The Labute approximate surface area is 122 Å². The Bertz CT molecular complexity index is 652. The van der Waals surface area contributed by atoms with E-state index in [2.05, 4.69) is 4.99 Å². The second kappa shape index (κ2) is 5.44. The number of benzene rings is 2. The quantitative estimate of drug-likeness (QED) is 0.943. The van der Waals surface area contributed by atoms with Crippen LogP contribution in [0.4, 0.5) is 10.1 Å². The molecule has 0 spiro atoms. The number of hydrogen-bond acceptors (Lipinski definition) is 4. The van der Waals surface area contributed by atoms with E-state index in [9.17, 15) is 4.39 Å². The van der Waals surface area contributed by atoms with Crippen molar-refractivity contribution in [3.63, 3.8) is 0 Å². The number of guanidine groups is 1. The smallest absolute Gasteiger partial charge is 0.196 e. The maximum Gasteiger partial charge on any atom is 0.196 e. The SMILES string of the molecule is COc1ccc(N2C(N)=NCC2c2ccc(F)cc2)cc1. The maximum atomic E-state index is 13.1. The van der Waals surface area contributed by atoms with Crippen LogP contribution in [0.15, 0.2) is 53.5 Å². The van der Waals surface area contributed by atoms with Crippen molar-refractivity contribution in [1.29, 1.82) is 0 Å². The molecule has 0 saturated heterocycles. The van der Waals surface area contributed by atoms with Gasteiger partial charge in [0.25, 0.3) is 0 Å². The van der Waals surface area contributed by atoms with E-state index in [0.717, 1.165) is 17.0 Å². The second-order valence-corrected chi connectivity index (χ2v) is 4.83. The number of halogens is 1. The van der Waals surface area contributed by atoms with Crippen molar-refractivity contribution in [1.82, 2.24) is 0 Å². The number of aliphatic imine (C=N–C) groups is 1. The van der Waals surface area contributed by atoms with Crippen molar-refractivity contribution in [2.24, 2.45) is 10.7 Å². The van der Waals surface area contributed by atoms with Crippen molar-refractivity contribution >= 4 is 11.6 Å². The summed E-state index contributed by atoms with van der Waals surface area (Å²) in [7, 11) is 1.63. The van der Waals surface area contributed by atoms with Crippen LogP contribution in [0, 0.1) is 5.82 Å². The zero-order valence-corrected chi connectivity index (χ0v) is 11.7. The molecular weight excluding hydrogens is 269 g/mol. The van der Waals surface area contributed by atoms with E-state index >= 15 is 0 Å². The maximum absolute atomic E-state index is 13.1. The van der Waals surface area contributed by atoms with Gasteiger partial charge in [0.15, 0.2) is 5.96 Å². The van der Waals surface area contributed by atoms with Crippen LogP contribution in [-0.4, -0.2) is 19.6 Å². The van der Waals surface area contributed by atoms with Crippen LogP contribution < -0.4 is 15.4 Å². The molecule has 4 nitrogen and oxygen atoms in total. The average Bonchev–Trinajstić information content (AvgIpc) is 2.90. The van der Waals surface area contributed by atoms with Crippen LogP contribution >= 0.6 is 0 Å². The lowest BCUT2D eigenvalue weighted by atomic mass is 10.1. The zero-order chi connectivity index (χ0) is 14.8. The highest BCUT2D eigenvalue weighted by atomic mass is 19.1. The molecule has 0 radical (unpaired) electrons. The van der Waals surface area contributed by atoms with E-state index in [-0.39, 0.29) is 11.9 Å². The highest BCUT2D eigenvalue weighted by Gasteiger charge is 2.28. The van der Waals surface area contributed by atoms with E-state index in [1.54, 1.807) is 19.2 Å². The number of nitrogens with two attached hydrogens (primary N) is 1. The van der Waals surface area contributed by atoms with Gasteiger partial charge in [-0.3, -0.25) is 4.99 Å². The first-order valence-corrected chi connectivity index (χ1v) is 6.67. The van der Waals surface area contributed by atoms with Crippen molar-refractivity contribution < 1.29 is 9.13 Å². The Morgan fingerprint density at radius 1 is 1.14 bits per heavy atom. The predicted octanol–water partition coefficient (Wildman–Crippen LogP) is 2.71. The van der Waals surface area contributed by atoms with Crippen molar-refractivity contribution in [2.75, 3.05) is 18.6 Å². The van der Waals surface area contributed by atoms with E-state index in [4.69, 9.17) is 10.5 Å². The lowest BCUT2D eigenvalue weighted by molar-refractivity contribution is 0.415. The minimum Gasteiger partial charge on any atom is -0.497 e. The molecule has 21 heavy (non-hydrogen) atoms. The van der Waals surface area contributed by atoms with Crippen LogP contribution in [-0.2, 0) is 0 Å². The minimum absolute atomic E-state index is 0.0148. The number of rotatable bonds is 3. The summed E-state index contributed by atoms with van der Waals surface area (Å²) in [4.78, 5) is 6.26. The highest BCUT2D eigenvalue weighted by molar-refractivity contribution is 5.97. The van der Waals surface area contributed by atoms with Crippen molar-refractivity contribution in [3.8, 4) is 5.75 Å². The summed E-state index contributed by atoms with van der Waals surface area (Å²) in [5.74, 6) is 1.00. The first-order chi connectivity index (χ1) is 10.2. The molecule has 2 aromatic carbocycles. The Morgan fingerprint density at radius 2 is 1.81 bits per heavy atom. The topological polar surface area (TPSA) is 50.9 Å². The molecule has 1 atom stereocenters. The molecule has 1 heterocycles. The molecule has 1 aliphatic rings. The lowest BCUT2D eigenvalue weighted by Crippen LogP contribution is -2.36. The number of methoxy groups -OCH3 is 1. The van der Waals surface area contributed by atoms with Crippen LogP contribution in [0.2, 0.25) is 0 Å². The third kappa shape index (κ3) is 2.54. The third-order valence-corrected chi connectivity index (χ3v) is 3.59. The summed E-state index contributed by atoms with van der Waals surface area (Å²) in [5, 5.41) is 0. The lowest BCUT2D eigenvalue weighted by Gasteiger charge is -2.26. The summed E-state index contributed by atoms with van der Waals surface area (Å²) < 4.78 is 18.2. The molecule has 2 aromatic rings. The van der Waals surface area contributed by atoms with Gasteiger partial charge in [-0.1, -0.05) is 12.1 Å². The zero-order valence-electron chi connectivity index (χ0n) is 11.7. The first-order valence-electron chi connectivity index (χ1n) is 6.67. The van der Waals surface area contributed by atoms with Crippen molar-refractivity contribution in [2.45, 2.75) is 6.04 Å². The fourth-order valence-electron chi connectivity index (χ4n) is 2.49. The fraction of sp³-hybridized carbons (Fsp3) is 0.188. The number of anilines is 1. The Kier molecular flexibility index (Phi) is 3.48. The average molecular weight is 285 g/mol. The normalized spacial score (nSPS) is 17.7. The highest BCUT2D eigenvalue weighted by Crippen LogP contribution is 2.32. The largest absolute Gasteiger partial charge is 0.497 e. The van der Waals surface area contributed by atoms with E-state index in [1.807, 2.05) is 29.2 Å². The third-order valence-electron chi connectivity index (χ3n) is 3.59. The van der Waals surface area contributed by atoms with Crippen LogP contribution in [0.25, 0.3) is 0 Å². The molecule has 0 bridgehead atoms. The molecule has 2 N–H and O–H groups in total. The standard InChI is InChI=1S/C16H16FN3O/c1-21-14-8-6-13(7-9-14)20-15(10-19-16(20)18)11-2-4-12(17)5-3-11/h2-9,15H,10H2,1H3,(H2,18,19). The molecule has 0 amide bonds. The van der Waals surface area contributed by atoms with Gasteiger partial charge in [0, 0.05) is 5.69 Å². The molecule has 3 rings (SSSR count). The van der Waals surface area contributed by atoms with Crippen LogP contribution in [0.5, 0.6) is 5.75 Å². The summed E-state index contributed by atoms with van der Waals surface area (Å²) >= 11 is 0. The molecule has 108 valence electrons. The van der Waals surface area contributed by atoms with E-state index in [1.165, 1.54) is 12.1 Å². The number of nitrogens with zero attached hydrogens (tertiary/aromatic N) is 2. The van der Waals surface area contributed by atoms with E-state index in [0.29, 0.717) is 12.5 Å². The van der Waals surface area contributed by atoms with E-state index < -0.39 is 0 Å². The summed E-state index contributed by atoms with van der Waals surface area (Å²) in [6, 6.07) is 14.1. The molecule has 5 heteroatoms. The van der Waals surface area contributed by atoms with Crippen molar-refractivity contribution in [3.05, 3.63) is 59.9 Å². The molecule has 0 aromatic heterocycles. The Hall–Kier alpha value is -2.56. The van der Waals surface area contributed by atoms with Gasteiger partial charge in [-0.05, 0) is 42.0 Å². The Morgan fingerprint density at radius 3 is 2.43 bits per heavy atom. The van der Waals surface area contributed by atoms with Gasteiger partial charge >= 0.3 is 0 Å². The van der Waals surface area contributed by atoms with Gasteiger partial charge < -0.3 is 15.4 Å². The minimum atomic E-state index is -0.248. The second-order valence-electron chi connectivity index (χ2n) is 4.83. The Balaban J connectivity index is 1.93. The molecule has 0 aliphatic carbocycles. The monoisotopic (exact) mass is 285 g/mol. The molecule has 0 fully saturated rings. The summed E-state index contributed by atoms with van der Waals surface area (Å²) in [6.07, 6.45) is 0. The fourth-order valence-corrected chi connectivity index (χ4v) is 2.49. The van der Waals surface area contributed by atoms with Gasteiger partial charge in [0.1, 0.15) is 11.6 Å². The van der Waals surface area contributed by atoms with Crippen LogP contribution in [0.3, 0.4) is 0 Å². The number of ether oxygens (including phenoxy) is 1. The molecule has 1 unspecified atom stereocenters. The molecule has 0 saturated carbocycles. The first kappa shape index (κ1) is 13.4.